The number of hydrogen-bond donors (Lipinski definition) is 1. The summed E-state index contributed by atoms with van der Waals surface area (Å²) in [5.74, 6) is 0.620. The number of pyridine rings is 1. The van der Waals surface area contributed by atoms with Crippen LogP contribution in [0.2, 0.25) is 0 Å². The molecular formula is C22H28N4O. The lowest BCUT2D eigenvalue weighted by Gasteiger charge is -2.45. The van der Waals surface area contributed by atoms with Gasteiger partial charge in [0.25, 0.3) is 0 Å². The Hall–Kier alpha value is -2.40. The first-order valence-electron chi connectivity index (χ1n) is 9.91. The Kier molecular flexibility index (Phi) is 5.39. The second-order valence-corrected chi connectivity index (χ2v) is 7.81. The molecule has 3 aliphatic heterocycles. The molecule has 2 aromatic rings. The van der Waals surface area contributed by atoms with E-state index in [1.54, 1.807) is 0 Å². The predicted octanol–water partition coefficient (Wildman–Crippen LogP) is 3.20. The highest BCUT2D eigenvalue weighted by Gasteiger charge is 2.35. The molecular weight excluding hydrogens is 336 g/mol. The van der Waals surface area contributed by atoms with Crippen molar-refractivity contribution in [2.24, 2.45) is 5.92 Å². The van der Waals surface area contributed by atoms with Crippen molar-refractivity contribution in [2.75, 3.05) is 19.6 Å². The van der Waals surface area contributed by atoms with Crippen molar-refractivity contribution in [3.05, 3.63) is 65.5 Å². The molecule has 142 valence electrons. The topological polar surface area (TPSA) is 48.5 Å². The van der Waals surface area contributed by atoms with Gasteiger partial charge in [-0.2, -0.15) is 0 Å². The zero-order valence-corrected chi connectivity index (χ0v) is 16.0. The summed E-state index contributed by atoms with van der Waals surface area (Å²) in [6.07, 6.45) is 2.39. The van der Waals surface area contributed by atoms with Gasteiger partial charge in [-0.1, -0.05) is 36.4 Å². The summed E-state index contributed by atoms with van der Waals surface area (Å²) in [5, 5.41) is 3.32. The first kappa shape index (κ1) is 18.0. The van der Waals surface area contributed by atoms with Crippen LogP contribution in [0.4, 0.5) is 4.79 Å². The average molecular weight is 364 g/mol. The lowest BCUT2D eigenvalue weighted by molar-refractivity contribution is 0.0723. The molecule has 1 N–H and O–H groups in total. The van der Waals surface area contributed by atoms with E-state index >= 15 is 0 Å². The quantitative estimate of drug-likeness (QED) is 0.886. The minimum absolute atomic E-state index is 0.0147. The van der Waals surface area contributed by atoms with Gasteiger partial charge in [0.15, 0.2) is 0 Å². The summed E-state index contributed by atoms with van der Waals surface area (Å²) in [6, 6.07) is 16.4. The van der Waals surface area contributed by atoms with Crippen molar-refractivity contribution < 1.29 is 4.79 Å². The number of urea groups is 1. The van der Waals surface area contributed by atoms with E-state index in [4.69, 9.17) is 0 Å². The van der Waals surface area contributed by atoms with Gasteiger partial charge in [0.1, 0.15) is 0 Å². The Morgan fingerprint density at radius 1 is 1.11 bits per heavy atom. The first-order valence-corrected chi connectivity index (χ1v) is 9.91. The number of aryl methyl sites for hydroxylation is 1. The fourth-order valence-electron chi connectivity index (χ4n) is 4.26. The van der Waals surface area contributed by atoms with E-state index in [9.17, 15) is 4.79 Å². The number of nitrogens with zero attached hydrogens (tertiary/aromatic N) is 3. The lowest BCUT2D eigenvalue weighted by atomic mass is 9.84. The van der Waals surface area contributed by atoms with E-state index in [1.165, 1.54) is 25.9 Å². The van der Waals surface area contributed by atoms with Crippen molar-refractivity contribution >= 4 is 6.03 Å². The van der Waals surface area contributed by atoms with Crippen molar-refractivity contribution in [1.29, 1.82) is 0 Å². The Morgan fingerprint density at radius 2 is 1.89 bits per heavy atom. The van der Waals surface area contributed by atoms with E-state index in [1.807, 2.05) is 48.2 Å². The molecule has 2 bridgehead atoms. The summed E-state index contributed by atoms with van der Waals surface area (Å²) in [6.45, 7) is 6.43. The number of carbonyl (C=O) groups is 1. The Morgan fingerprint density at radius 3 is 2.56 bits per heavy atom. The molecule has 1 atom stereocenters. The molecule has 0 saturated carbocycles. The molecule has 3 saturated heterocycles. The van der Waals surface area contributed by atoms with Crippen LogP contribution in [0.3, 0.4) is 0 Å². The molecule has 0 spiro atoms. The maximum Gasteiger partial charge on any atom is 0.318 e. The second-order valence-electron chi connectivity index (χ2n) is 7.81. The van der Waals surface area contributed by atoms with Gasteiger partial charge in [-0.15, -0.1) is 0 Å². The highest BCUT2D eigenvalue weighted by atomic mass is 16.2. The fourth-order valence-corrected chi connectivity index (χ4v) is 4.26. The van der Waals surface area contributed by atoms with Gasteiger partial charge < -0.3 is 15.1 Å². The van der Waals surface area contributed by atoms with Crippen LogP contribution in [0.1, 0.15) is 29.8 Å². The number of aromatic nitrogens is 1. The van der Waals surface area contributed by atoms with Crippen LogP contribution in [0.5, 0.6) is 0 Å². The van der Waals surface area contributed by atoms with Gasteiger partial charge in [-0.3, -0.25) is 4.98 Å². The van der Waals surface area contributed by atoms with Crippen LogP contribution in [0, 0.1) is 12.8 Å². The van der Waals surface area contributed by atoms with E-state index in [0.717, 1.165) is 23.5 Å². The average Bonchev–Trinajstić information content (AvgIpc) is 2.69. The summed E-state index contributed by atoms with van der Waals surface area (Å²) in [4.78, 5) is 22.1. The molecule has 0 aliphatic carbocycles. The number of nitrogens with one attached hydrogen (secondary N) is 1. The minimum Gasteiger partial charge on any atom is -0.334 e. The van der Waals surface area contributed by atoms with Crippen LogP contribution in [0.25, 0.3) is 0 Å². The zero-order valence-electron chi connectivity index (χ0n) is 16.0. The highest BCUT2D eigenvalue weighted by molar-refractivity contribution is 5.74. The molecule has 3 fully saturated rings. The zero-order chi connectivity index (χ0) is 18.6. The van der Waals surface area contributed by atoms with E-state index in [0.29, 0.717) is 19.0 Å². The number of benzene rings is 1. The van der Waals surface area contributed by atoms with Gasteiger partial charge in [-0.25, -0.2) is 4.79 Å². The summed E-state index contributed by atoms with van der Waals surface area (Å²) in [5.41, 5.74) is 3.04. The van der Waals surface area contributed by atoms with Gasteiger partial charge in [0, 0.05) is 24.8 Å². The van der Waals surface area contributed by atoms with Crippen molar-refractivity contribution in [1.82, 2.24) is 20.1 Å². The highest BCUT2D eigenvalue weighted by Crippen LogP contribution is 2.27. The van der Waals surface area contributed by atoms with Crippen molar-refractivity contribution in [3.63, 3.8) is 0 Å². The van der Waals surface area contributed by atoms with E-state index in [-0.39, 0.29) is 12.1 Å². The normalized spacial score (nSPS) is 23.8. The molecule has 5 heteroatoms. The van der Waals surface area contributed by atoms with Crippen LogP contribution in [-0.2, 0) is 13.1 Å². The standard InChI is InChI=1S/C22H28N4O/c1-17-6-5-9-20(23-17)15-26(14-18-7-3-2-4-8-18)22(27)24-21-16-25-12-10-19(21)11-13-25/h2-9,19,21H,10-16H2,1H3,(H,24,27)/t21-/m0/s1. The largest absolute Gasteiger partial charge is 0.334 e. The molecule has 5 rings (SSSR count). The van der Waals surface area contributed by atoms with Crippen molar-refractivity contribution in [3.8, 4) is 0 Å². The lowest BCUT2D eigenvalue weighted by Crippen LogP contribution is -2.58. The van der Waals surface area contributed by atoms with Crippen molar-refractivity contribution in [2.45, 2.75) is 38.9 Å². The first-order chi connectivity index (χ1) is 13.2. The number of amides is 2. The maximum atomic E-state index is 13.1. The second kappa shape index (κ2) is 8.09. The minimum atomic E-state index is 0.0147. The molecule has 0 radical (unpaired) electrons. The SMILES string of the molecule is Cc1cccc(CN(Cc2ccccc2)C(=O)N[C@H]2CN3CCC2CC3)n1. The molecule has 5 nitrogen and oxygen atoms in total. The Labute approximate surface area is 161 Å². The van der Waals surface area contributed by atoms with Gasteiger partial charge in [0.2, 0.25) is 0 Å². The summed E-state index contributed by atoms with van der Waals surface area (Å²) in [7, 11) is 0. The molecule has 1 aromatic heterocycles. The van der Waals surface area contributed by atoms with Crippen LogP contribution < -0.4 is 5.32 Å². The van der Waals surface area contributed by atoms with Gasteiger partial charge in [0.05, 0.1) is 12.2 Å². The van der Waals surface area contributed by atoms with Crippen LogP contribution >= 0.6 is 0 Å². The summed E-state index contributed by atoms with van der Waals surface area (Å²) < 4.78 is 0. The number of carbonyl (C=O) groups excluding carboxylic acids is 1. The Balaban J connectivity index is 1.48. The van der Waals surface area contributed by atoms with Gasteiger partial charge in [-0.05, 0) is 56.5 Å². The summed E-state index contributed by atoms with van der Waals surface area (Å²) >= 11 is 0. The molecule has 1 aromatic carbocycles. The Bertz CT molecular complexity index is 771. The number of piperidine rings is 3. The van der Waals surface area contributed by atoms with Crippen LogP contribution in [-0.4, -0.2) is 46.5 Å². The van der Waals surface area contributed by atoms with Crippen LogP contribution in [0.15, 0.2) is 48.5 Å². The van der Waals surface area contributed by atoms with E-state index in [2.05, 4.69) is 27.3 Å². The molecule has 0 unspecified atom stereocenters. The number of hydrogen-bond acceptors (Lipinski definition) is 3. The molecule has 3 aliphatic rings. The number of rotatable bonds is 5. The molecule has 2 amide bonds. The third kappa shape index (κ3) is 4.48. The third-order valence-corrected chi connectivity index (χ3v) is 5.77. The predicted molar refractivity (Wildman–Crippen MR) is 106 cm³/mol. The molecule has 27 heavy (non-hydrogen) atoms. The maximum absolute atomic E-state index is 13.1. The fraction of sp³-hybridized carbons (Fsp3) is 0.455. The molecule has 4 heterocycles. The number of fused-ring (bicyclic) bond motifs is 3. The monoisotopic (exact) mass is 364 g/mol. The van der Waals surface area contributed by atoms with Gasteiger partial charge >= 0.3 is 6.03 Å². The van der Waals surface area contributed by atoms with E-state index < -0.39 is 0 Å². The third-order valence-electron chi connectivity index (χ3n) is 5.77. The smallest absolute Gasteiger partial charge is 0.318 e.